The van der Waals surface area contributed by atoms with Crippen LogP contribution in [0, 0.1) is 11.6 Å². The first-order valence-corrected chi connectivity index (χ1v) is 9.88. The highest BCUT2D eigenvalue weighted by Crippen LogP contribution is 2.26. The van der Waals surface area contributed by atoms with Gasteiger partial charge < -0.3 is 4.90 Å². The molecule has 29 heavy (non-hydrogen) atoms. The molecule has 0 atom stereocenters. The van der Waals surface area contributed by atoms with Crippen molar-refractivity contribution in [2.75, 3.05) is 33.2 Å². The number of aromatic nitrogens is 2. The molecular formula is C21H21ClF2N4O. The normalized spacial score (nSPS) is 16.3. The van der Waals surface area contributed by atoms with Crippen LogP contribution in [0.5, 0.6) is 0 Å². The van der Waals surface area contributed by atoms with Crippen molar-refractivity contribution >= 4 is 22.5 Å². The highest BCUT2D eigenvalue weighted by molar-refractivity contribution is 6.32. The van der Waals surface area contributed by atoms with Crippen LogP contribution in [-0.4, -0.2) is 52.6 Å². The fourth-order valence-corrected chi connectivity index (χ4v) is 4.00. The average Bonchev–Trinajstić information content (AvgIpc) is 2.87. The zero-order chi connectivity index (χ0) is 20.5. The van der Waals surface area contributed by atoms with Crippen molar-refractivity contribution in [3.05, 3.63) is 69.2 Å². The highest BCUT2D eigenvalue weighted by Gasteiger charge is 2.22. The van der Waals surface area contributed by atoms with Gasteiger partial charge in [0.25, 0.3) is 5.56 Å². The lowest BCUT2D eigenvalue weighted by atomic mass is 10.2. The number of benzene rings is 2. The van der Waals surface area contributed by atoms with Gasteiger partial charge >= 0.3 is 0 Å². The van der Waals surface area contributed by atoms with E-state index in [0.29, 0.717) is 23.3 Å². The van der Waals surface area contributed by atoms with E-state index in [2.05, 4.69) is 21.8 Å². The van der Waals surface area contributed by atoms with E-state index in [1.165, 1.54) is 4.57 Å². The number of hydrogen-bond acceptors (Lipinski definition) is 4. The molecule has 4 rings (SSSR count). The van der Waals surface area contributed by atoms with E-state index in [0.717, 1.165) is 44.7 Å². The maximum Gasteiger partial charge on any atom is 0.266 e. The standard InChI is InChI=1S/C21H21ClF2N4O/c1-26-7-4-8-27(10-9-26)13-19-25-18-6-3-2-5-15(18)21(29)28(19)20-16(22)11-14(23)12-17(20)24/h2-3,5-6,11-12H,4,7-10,13H2,1H3. The molecule has 1 fully saturated rings. The predicted octanol–water partition coefficient (Wildman–Crippen LogP) is 3.45. The van der Waals surface area contributed by atoms with Gasteiger partial charge in [-0.1, -0.05) is 23.7 Å². The summed E-state index contributed by atoms with van der Waals surface area (Å²) in [6.45, 7) is 3.89. The first-order valence-electron chi connectivity index (χ1n) is 9.50. The van der Waals surface area contributed by atoms with Crippen molar-refractivity contribution in [3.8, 4) is 5.69 Å². The Hall–Kier alpha value is -2.35. The molecule has 0 spiro atoms. The van der Waals surface area contributed by atoms with Gasteiger partial charge in [0.1, 0.15) is 17.3 Å². The molecule has 0 radical (unpaired) electrons. The van der Waals surface area contributed by atoms with Crippen LogP contribution in [0.3, 0.4) is 0 Å². The van der Waals surface area contributed by atoms with E-state index < -0.39 is 17.2 Å². The predicted molar refractivity (Wildman–Crippen MR) is 110 cm³/mol. The number of fused-ring (bicyclic) bond motifs is 1. The van der Waals surface area contributed by atoms with Crippen LogP contribution in [0.2, 0.25) is 5.02 Å². The summed E-state index contributed by atoms with van der Waals surface area (Å²) in [5, 5.41) is 0.185. The summed E-state index contributed by atoms with van der Waals surface area (Å²) in [6, 6.07) is 8.66. The lowest BCUT2D eigenvalue weighted by Gasteiger charge is -2.22. The maximum atomic E-state index is 14.7. The van der Waals surface area contributed by atoms with Crippen molar-refractivity contribution < 1.29 is 8.78 Å². The van der Waals surface area contributed by atoms with Gasteiger partial charge in [0.05, 0.1) is 22.5 Å². The molecule has 1 saturated heterocycles. The van der Waals surface area contributed by atoms with Crippen molar-refractivity contribution in [3.63, 3.8) is 0 Å². The quantitative estimate of drug-likeness (QED) is 0.653. The fraction of sp³-hybridized carbons (Fsp3) is 0.333. The second-order valence-electron chi connectivity index (χ2n) is 7.34. The molecule has 1 aromatic heterocycles. The van der Waals surface area contributed by atoms with E-state index in [1.807, 2.05) is 0 Å². The zero-order valence-electron chi connectivity index (χ0n) is 16.0. The molecule has 2 aromatic carbocycles. The summed E-state index contributed by atoms with van der Waals surface area (Å²) in [4.78, 5) is 22.4. The first kappa shape index (κ1) is 19.9. The molecule has 0 aliphatic carbocycles. The largest absolute Gasteiger partial charge is 0.305 e. The van der Waals surface area contributed by atoms with Crippen LogP contribution in [0.25, 0.3) is 16.6 Å². The number of para-hydroxylation sites is 1. The molecule has 0 unspecified atom stereocenters. The summed E-state index contributed by atoms with van der Waals surface area (Å²) in [6.07, 6.45) is 0.986. The summed E-state index contributed by atoms with van der Waals surface area (Å²) in [5.41, 5.74) is -0.0578. The molecule has 2 heterocycles. The van der Waals surface area contributed by atoms with Crippen LogP contribution in [0.1, 0.15) is 12.2 Å². The van der Waals surface area contributed by atoms with Gasteiger partial charge in [0.2, 0.25) is 0 Å². The molecule has 152 valence electrons. The Kier molecular flexibility index (Phi) is 5.63. The third-order valence-corrected chi connectivity index (χ3v) is 5.52. The average molecular weight is 419 g/mol. The van der Waals surface area contributed by atoms with Crippen molar-refractivity contribution in [2.45, 2.75) is 13.0 Å². The van der Waals surface area contributed by atoms with Gasteiger partial charge in [0, 0.05) is 19.2 Å². The van der Waals surface area contributed by atoms with E-state index in [4.69, 9.17) is 11.6 Å². The Morgan fingerprint density at radius 3 is 2.69 bits per heavy atom. The Morgan fingerprint density at radius 1 is 1.10 bits per heavy atom. The molecule has 1 aliphatic rings. The van der Waals surface area contributed by atoms with Gasteiger partial charge in [-0.05, 0) is 44.8 Å². The second kappa shape index (κ2) is 8.18. The van der Waals surface area contributed by atoms with E-state index >= 15 is 0 Å². The Balaban J connectivity index is 1.89. The van der Waals surface area contributed by atoms with Crippen LogP contribution in [-0.2, 0) is 6.54 Å². The Morgan fingerprint density at radius 2 is 1.90 bits per heavy atom. The highest BCUT2D eigenvalue weighted by atomic mass is 35.5. The van der Waals surface area contributed by atoms with Crippen molar-refractivity contribution in [2.24, 2.45) is 0 Å². The minimum atomic E-state index is -0.897. The van der Waals surface area contributed by atoms with Gasteiger partial charge in [-0.15, -0.1) is 0 Å². The van der Waals surface area contributed by atoms with E-state index in [9.17, 15) is 13.6 Å². The van der Waals surface area contributed by atoms with E-state index in [1.54, 1.807) is 24.3 Å². The van der Waals surface area contributed by atoms with Crippen molar-refractivity contribution in [1.82, 2.24) is 19.4 Å². The zero-order valence-corrected chi connectivity index (χ0v) is 16.8. The maximum absolute atomic E-state index is 14.7. The van der Waals surface area contributed by atoms with Crippen LogP contribution in [0.4, 0.5) is 8.78 Å². The lowest BCUT2D eigenvalue weighted by molar-refractivity contribution is 0.261. The first-order chi connectivity index (χ1) is 13.9. The Bertz CT molecular complexity index is 1090. The van der Waals surface area contributed by atoms with Gasteiger partial charge in [0.15, 0.2) is 5.82 Å². The molecule has 1 aliphatic heterocycles. The number of likely N-dealkylation sites (N-methyl/N-ethyl adjacent to an activating group) is 1. The third-order valence-electron chi connectivity index (χ3n) is 5.23. The van der Waals surface area contributed by atoms with E-state index in [-0.39, 0.29) is 10.7 Å². The smallest absolute Gasteiger partial charge is 0.266 e. The third kappa shape index (κ3) is 4.03. The Labute approximate surface area is 172 Å². The summed E-state index contributed by atoms with van der Waals surface area (Å²) in [7, 11) is 2.07. The topological polar surface area (TPSA) is 41.4 Å². The van der Waals surface area contributed by atoms with Gasteiger partial charge in [-0.25, -0.2) is 13.8 Å². The minimum absolute atomic E-state index is 0.168. The molecule has 0 bridgehead atoms. The SMILES string of the molecule is CN1CCCN(Cc2nc3ccccc3c(=O)n2-c2c(F)cc(F)cc2Cl)CC1. The van der Waals surface area contributed by atoms with Crippen LogP contribution >= 0.6 is 11.6 Å². The number of rotatable bonds is 3. The molecule has 5 nitrogen and oxygen atoms in total. The number of halogens is 3. The number of nitrogens with zero attached hydrogens (tertiary/aromatic N) is 4. The van der Waals surface area contributed by atoms with Crippen LogP contribution < -0.4 is 5.56 Å². The fourth-order valence-electron chi connectivity index (χ4n) is 3.72. The molecule has 0 N–H and O–H groups in total. The lowest BCUT2D eigenvalue weighted by Crippen LogP contribution is -2.33. The summed E-state index contributed by atoms with van der Waals surface area (Å²) < 4.78 is 29.5. The molecule has 3 aromatic rings. The number of hydrogen-bond donors (Lipinski definition) is 0. The van der Waals surface area contributed by atoms with Crippen molar-refractivity contribution in [1.29, 1.82) is 0 Å². The van der Waals surface area contributed by atoms with Crippen LogP contribution in [0.15, 0.2) is 41.2 Å². The van der Waals surface area contributed by atoms with Gasteiger partial charge in [-0.2, -0.15) is 0 Å². The minimum Gasteiger partial charge on any atom is -0.305 e. The van der Waals surface area contributed by atoms with Gasteiger partial charge in [-0.3, -0.25) is 14.3 Å². The monoisotopic (exact) mass is 418 g/mol. The summed E-state index contributed by atoms with van der Waals surface area (Å²) in [5.74, 6) is -1.31. The summed E-state index contributed by atoms with van der Waals surface area (Å²) >= 11 is 6.16. The second-order valence-corrected chi connectivity index (χ2v) is 7.74. The molecule has 0 saturated carbocycles. The molecule has 8 heteroatoms. The molecule has 0 amide bonds. The molecular weight excluding hydrogens is 398 g/mol.